The number of β-amino-alcohol motifs (C(OH)–C–C–N with tert-alkyl or cyclic N) is 1. The van der Waals surface area contributed by atoms with Crippen molar-refractivity contribution in [3.8, 4) is 0 Å². The molecule has 3 heteroatoms. The van der Waals surface area contributed by atoms with Crippen molar-refractivity contribution in [3.05, 3.63) is 34.9 Å². The van der Waals surface area contributed by atoms with Crippen LogP contribution in [0.5, 0.6) is 0 Å². The second-order valence-corrected chi connectivity index (χ2v) is 6.03. The van der Waals surface area contributed by atoms with E-state index in [0.29, 0.717) is 18.9 Å². The molecule has 20 heavy (non-hydrogen) atoms. The van der Waals surface area contributed by atoms with Gasteiger partial charge in [0.15, 0.2) is 0 Å². The molecule has 0 radical (unpaired) electrons. The fraction of sp³-hybridized carbons (Fsp3) is 0.588. The van der Waals surface area contributed by atoms with E-state index >= 15 is 0 Å². The zero-order valence-electron chi connectivity index (χ0n) is 12.7. The Labute approximate surface area is 121 Å². The zero-order valence-corrected chi connectivity index (χ0v) is 12.7. The molecule has 1 N–H and O–H groups in total. The summed E-state index contributed by atoms with van der Waals surface area (Å²) in [7, 11) is 0. The van der Waals surface area contributed by atoms with E-state index in [9.17, 15) is 9.90 Å². The fourth-order valence-corrected chi connectivity index (χ4v) is 3.06. The number of aliphatic hydroxyl groups excluding tert-OH is 1. The standard InChI is InChI=1S/C17H25NO2/c1-4-5-14-9-17(20)18(10-14)11-16(19)15-8-12(2)6-7-13(15)3/h6-8,14,16,19H,4-5,9-11H2,1-3H3. The van der Waals surface area contributed by atoms with Crippen LogP contribution in [0.25, 0.3) is 0 Å². The molecule has 3 nitrogen and oxygen atoms in total. The second kappa shape index (κ2) is 6.40. The average Bonchev–Trinajstić information content (AvgIpc) is 2.73. The SMILES string of the molecule is CCCC1CC(=O)N(CC(O)c2cc(C)ccc2C)C1. The van der Waals surface area contributed by atoms with E-state index in [0.717, 1.165) is 36.1 Å². The summed E-state index contributed by atoms with van der Waals surface area (Å²) in [5, 5.41) is 10.4. The number of amides is 1. The van der Waals surface area contributed by atoms with Crippen molar-refractivity contribution >= 4 is 5.91 Å². The fourth-order valence-electron chi connectivity index (χ4n) is 3.06. The van der Waals surface area contributed by atoms with Gasteiger partial charge in [-0.05, 0) is 37.3 Å². The molecule has 0 spiro atoms. The van der Waals surface area contributed by atoms with Gasteiger partial charge in [0.1, 0.15) is 0 Å². The van der Waals surface area contributed by atoms with Crippen LogP contribution in [0, 0.1) is 19.8 Å². The summed E-state index contributed by atoms with van der Waals surface area (Å²) >= 11 is 0. The molecule has 0 saturated carbocycles. The van der Waals surface area contributed by atoms with Crippen LogP contribution >= 0.6 is 0 Å². The first-order valence-corrected chi connectivity index (χ1v) is 7.54. The van der Waals surface area contributed by atoms with E-state index in [2.05, 4.69) is 6.92 Å². The Balaban J connectivity index is 2.02. The third kappa shape index (κ3) is 3.40. The monoisotopic (exact) mass is 275 g/mol. The summed E-state index contributed by atoms with van der Waals surface area (Å²) < 4.78 is 0. The van der Waals surface area contributed by atoms with E-state index in [1.807, 2.05) is 36.9 Å². The highest BCUT2D eigenvalue weighted by Gasteiger charge is 2.30. The number of benzene rings is 1. The molecule has 1 aliphatic heterocycles. The van der Waals surface area contributed by atoms with Crippen molar-refractivity contribution in [2.24, 2.45) is 5.92 Å². The molecule has 0 bridgehead atoms. The molecule has 2 atom stereocenters. The van der Waals surface area contributed by atoms with Crippen LogP contribution in [-0.4, -0.2) is 29.0 Å². The van der Waals surface area contributed by atoms with Gasteiger partial charge in [-0.25, -0.2) is 0 Å². The highest BCUT2D eigenvalue weighted by atomic mass is 16.3. The predicted molar refractivity (Wildman–Crippen MR) is 80.5 cm³/mol. The maximum atomic E-state index is 12.0. The molecular weight excluding hydrogens is 250 g/mol. The van der Waals surface area contributed by atoms with Crippen LogP contribution in [0.1, 0.15) is 49.0 Å². The molecule has 2 rings (SSSR count). The molecule has 1 heterocycles. The minimum atomic E-state index is -0.584. The van der Waals surface area contributed by atoms with Crippen molar-refractivity contribution < 1.29 is 9.90 Å². The van der Waals surface area contributed by atoms with Gasteiger partial charge in [0, 0.05) is 13.0 Å². The van der Waals surface area contributed by atoms with Crippen molar-refractivity contribution in [3.63, 3.8) is 0 Å². The molecule has 0 aliphatic carbocycles. The van der Waals surface area contributed by atoms with E-state index in [1.54, 1.807) is 0 Å². The Bertz CT molecular complexity index is 484. The van der Waals surface area contributed by atoms with Crippen molar-refractivity contribution in [1.29, 1.82) is 0 Å². The maximum absolute atomic E-state index is 12.0. The molecule has 1 amide bonds. The molecule has 1 aromatic carbocycles. The number of carbonyl (C=O) groups is 1. The minimum absolute atomic E-state index is 0.188. The minimum Gasteiger partial charge on any atom is -0.387 e. The molecular formula is C17H25NO2. The number of aliphatic hydroxyl groups is 1. The van der Waals surface area contributed by atoms with Crippen LogP contribution < -0.4 is 0 Å². The number of carbonyl (C=O) groups excluding carboxylic acids is 1. The zero-order chi connectivity index (χ0) is 14.7. The van der Waals surface area contributed by atoms with Crippen LogP contribution in [0.2, 0.25) is 0 Å². The topological polar surface area (TPSA) is 40.5 Å². The summed E-state index contributed by atoms with van der Waals surface area (Å²) in [6.45, 7) is 7.40. The van der Waals surface area contributed by atoms with Gasteiger partial charge < -0.3 is 10.0 Å². The summed E-state index contributed by atoms with van der Waals surface area (Å²) in [6.07, 6.45) is 2.28. The van der Waals surface area contributed by atoms with Gasteiger partial charge in [0.2, 0.25) is 5.91 Å². The van der Waals surface area contributed by atoms with E-state index in [1.165, 1.54) is 0 Å². The lowest BCUT2D eigenvalue weighted by molar-refractivity contribution is -0.129. The third-order valence-corrected chi connectivity index (χ3v) is 4.18. The van der Waals surface area contributed by atoms with Crippen LogP contribution in [-0.2, 0) is 4.79 Å². The molecule has 110 valence electrons. The van der Waals surface area contributed by atoms with Crippen LogP contribution in [0.15, 0.2) is 18.2 Å². The molecule has 0 aromatic heterocycles. The first-order chi connectivity index (χ1) is 9.51. The highest BCUT2D eigenvalue weighted by Crippen LogP contribution is 2.26. The largest absolute Gasteiger partial charge is 0.387 e. The Kier molecular flexibility index (Phi) is 4.81. The molecule has 2 unspecified atom stereocenters. The first kappa shape index (κ1) is 15.0. The van der Waals surface area contributed by atoms with Gasteiger partial charge in [-0.2, -0.15) is 0 Å². The Morgan fingerprint density at radius 1 is 1.40 bits per heavy atom. The van der Waals surface area contributed by atoms with Gasteiger partial charge in [-0.1, -0.05) is 37.1 Å². The van der Waals surface area contributed by atoms with Gasteiger partial charge in [0.25, 0.3) is 0 Å². The lowest BCUT2D eigenvalue weighted by Crippen LogP contribution is -2.30. The lowest BCUT2D eigenvalue weighted by atomic mass is 10.0. The number of nitrogens with zero attached hydrogens (tertiary/aromatic N) is 1. The normalized spacial score (nSPS) is 20.5. The van der Waals surface area contributed by atoms with Gasteiger partial charge in [0.05, 0.1) is 12.6 Å². The first-order valence-electron chi connectivity index (χ1n) is 7.54. The van der Waals surface area contributed by atoms with Gasteiger partial charge in [-0.15, -0.1) is 0 Å². The molecule has 1 fully saturated rings. The second-order valence-electron chi connectivity index (χ2n) is 6.03. The predicted octanol–water partition coefficient (Wildman–Crippen LogP) is 2.99. The Morgan fingerprint density at radius 2 is 2.15 bits per heavy atom. The number of rotatable bonds is 5. The number of aryl methyl sites for hydroxylation is 2. The number of hydrogen-bond donors (Lipinski definition) is 1. The summed E-state index contributed by atoms with van der Waals surface area (Å²) in [4.78, 5) is 13.8. The smallest absolute Gasteiger partial charge is 0.223 e. The van der Waals surface area contributed by atoms with Crippen molar-refractivity contribution in [2.45, 2.75) is 46.1 Å². The van der Waals surface area contributed by atoms with Gasteiger partial charge >= 0.3 is 0 Å². The molecule has 1 aliphatic rings. The lowest BCUT2D eigenvalue weighted by Gasteiger charge is -2.22. The highest BCUT2D eigenvalue weighted by molar-refractivity contribution is 5.78. The van der Waals surface area contributed by atoms with Crippen molar-refractivity contribution in [1.82, 2.24) is 4.90 Å². The maximum Gasteiger partial charge on any atom is 0.223 e. The summed E-state index contributed by atoms with van der Waals surface area (Å²) in [5.74, 6) is 0.658. The summed E-state index contributed by atoms with van der Waals surface area (Å²) in [5.41, 5.74) is 3.16. The average molecular weight is 275 g/mol. The van der Waals surface area contributed by atoms with E-state index in [-0.39, 0.29) is 5.91 Å². The Morgan fingerprint density at radius 3 is 2.85 bits per heavy atom. The van der Waals surface area contributed by atoms with Crippen LogP contribution in [0.4, 0.5) is 0 Å². The van der Waals surface area contributed by atoms with E-state index in [4.69, 9.17) is 0 Å². The van der Waals surface area contributed by atoms with Crippen molar-refractivity contribution in [2.75, 3.05) is 13.1 Å². The molecule has 1 aromatic rings. The van der Waals surface area contributed by atoms with Crippen LogP contribution in [0.3, 0.4) is 0 Å². The summed E-state index contributed by atoms with van der Waals surface area (Å²) in [6, 6.07) is 6.09. The Hall–Kier alpha value is -1.35. The van der Waals surface area contributed by atoms with E-state index < -0.39 is 6.10 Å². The third-order valence-electron chi connectivity index (χ3n) is 4.18. The molecule has 1 saturated heterocycles. The number of likely N-dealkylation sites (tertiary alicyclic amines) is 1. The van der Waals surface area contributed by atoms with Gasteiger partial charge in [-0.3, -0.25) is 4.79 Å². The quantitative estimate of drug-likeness (QED) is 0.897. The number of hydrogen-bond acceptors (Lipinski definition) is 2.